The molecule has 0 saturated carbocycles. The van der Waals surface area contributed by atoms with Crippen molar-refractivity contribution in [2.24, 2.45) is 0 Å². The molecule has 2 N–H and O–H groups in total. The van der Waals surface area contributed by atoms with Gasteiger partial charge in [0.2, 0.25) is 17.8 Å². The van der Waals surface area contributed by atoms with Gasteiger partial charge in [0.1, 0.15) is 16.3 Å². The minimum Gasteiger partial charge on any atom is -0.403 e. The van der Waals surface area contributed by atoms with Crippen LogP contribution >= 0.6 is 34.5 Å². The molecule has 5 heterocycles. The Bertz CT molecular complexity index is 1710. The Labute approximate surface area is 273 Å². The van der Waals surface area contributed by atoms with Crippen molar-refractivity contribution in [3.05, 3.63) is 50.8 Å². The Balaban J connectivity index is 1.41. The van der Waals surface area contributed by atoms with E-state index < -0.39 is 5.97 Å². The molecule has 1 fully saturated rings. The van der Waals surface area contributed by atoms with Crippen molar-refractivity contribution in [1.82, 2.24) is 35.2 Å². The number of ether oxygens (including phenoxy) is 2. The zero-order valence-corrected chi connectivity index (χ0v) is 27.8. The molecule has 5 rings (SSSR count). The molecule has 0 bridgehead atoms. The van der Waals surface area contributed by atoms with Gasteiger partial charge in [-0.1, -0.05) is 34.5 Å². The van der Waals surface area contributed by atoms with E-state index in [0.717, 1.165) is 0 Å². The van der Waals surface area contributed by atoms with E-state index >= 15 is 0 Å². The first kappa shape index (κ1) is 32.3. The van der Waals surface area contributed by atoms with E-state index in [1.165, 1.54) is 23.6 Å². The summed E-state index contributed by atoms with van der Waals surface area (Å²) in [7, 11) is 8.82. The lowest BCUT2D eigenvalue weighted by atomic mass is 10.0. The third kappa shape index (κ3) is 6.96. The van der Waals surface area contributed by atoms with Crippen molar-refractivity contribution < 1.29 is 19.1 Å². The maximum absolute atomic E-state index is 13.6. The van der Waals surface area contributed by atoms with Gasteiger partial charge in [0.05, 0.1) is 27.9 Å². The Hall–Kier alpha value is -4.05. The third-order valence-electron chi connectivity index (χ3n) is 7.03. The highest BCUT2D eigenvalue weighted by atomic mass is 35.5. The average Bonchev–Trinajstić information content (AvgIpc) is 3.59. The molecule has 1 amide bonds. The molecule has 45 heavy (non-hydrogen) atoms. The van der Waals surface area contributed by atoms with Crippen LogP contribution in [0.15, 0.2) is 24.5 Å². The molecular weight excluding hydrogens is 643 g/mol. The maximum atomic E-state index is 13.6. The quantitative estimate of drug-likeness (QED) is 0.249. The normalized spacial score (nSPS) is 16.4. The molecule has 0 radical (unpaired) electrons. The van der Waals surface area contributed by atoms with Gasteiger partial charge < -0.3 is 34.5 Å². The van der Waals surface area contributed by atoms with Crippen molar-refractivity contribution in [3.8, 4) is 17.3 Å². The minimum absolute atomic E-state index is 0.103. The summed E-state index contributed by atoms with van der Waals surface area (Å²) in [5.74, 6) is -0.0493. The summed E-state index contributed by atoms with van der Waals surface area (Å²) in [6, 6.07) is 2.89. The average molecular weight is 676 g/mol. The zero-order chi connectivity index (χ0) is 32.4. The van der Waals surface area contributed by atoms with Gasteiger partial charge in [-0.2, -0.15) is 4.98 Å². The number of piperidine rings is 1. The fourth-order valence-electron chi connectivity index (χ4n) is 4.66. The number of anilines is 3. The Kier molecular flexibility index (Phi) is 9.72. The number of carbonyl (C=O) groups excluding carboxylic acids is 2. The highest BCUT2D eigenvalue weighted by Crippen LogP contribution is 2.35. The number of nitrogens with one attached hydrogen (secondary N) is 2. The fourth-order valence-corrected chi connectivity index (χ4v) is 6.06. The Morgan fingerprint density at radius 3 is 2.38 bits per heavy atom. The summed E-state index contributed by atoms with van der Waals surface area (Å²) in [6.45, 7) is 2.66. The zero-order valence-electron chi connectivity index (χ0n) is 25.5. The molecule has 1 aliphatic heterocycles. The first-order valence-corrected chi connectivity index (χ1v) is 15.4. The molecule has 238 valence electrons. The number of amides is 1. The predicted molar refractivity (Wildman–Crippen MR) is 173 cm³/mol. The number of aryl methyl sites for hydroxylation is 1. The summed E-state index contributed by atoms with van der Waals surface area (Å²) in [4.78, 5) is 57.5. The van der Waals surface area contributed by atoms with Gasteiger partial charge in [-0.25, -0.2) is 24.7 Å². The number of aromatic nitrogens is 6. The molecule has 0 spiro atoms. The molecular formula is C28H32Cl2N10O4S. The molecule has 14 nitrogen and oxygen atoms in total. The smallest absolute Gasteiger partial charge is 0.357 e. The highest BCUT2D eigenvalue weighted by Gasteiger charge is 2.34. The standard InChI is InChI=1S/C28H32Cl2N10O4S/c1-14-19(29)20(30)22(33-14)24(41)34-15-9-12-40(13-17(15)43-6)28-37-21(16-7-10-31-26(35-16)38(2)3)23(45-28)25(42)44-18-8-11-32-27(36-18)39(4)5/h7-8,10-11,15,17,33H,9,12-13H2,1-6H3,(H,34,41)/t15-,17+/m1/s1. The van der Waals surface area contributed by atoms with E-state index in [2.05, 4.69) is 30.2 Å². The summed E-state index contributed by atoms with van der Waals surface area (Å²) >= 11 is 13.6. The molecule has 2 atom stereocenters. The van der Waals surface area contributed by atoms with Crippen molar-refractivity contribution >= 4 is 63.4 Å². The van der Waals surface area contributed by atoms with Gasteiger partial charge in [0.25, 0.3) is 5.91 Å². The number of nitrogens with zero attached hydrogens (tertiary/aromatic N) is 8. The van der Waals surface area contributed by atoms with Crippen LogP contribution in [0.4, 0.5) is 17.0 Å². The van der Waals surface area contributed by atoms with E-state index in [1.807, 2.05) is 19.0 Å². The molecule has 0 aliphatic carbocycles. The Morgan fingerprint density at radius 2 is 1.73 bits per heavy atom. The van der Waals surface area contributed by atoms with Crippen molar-refractivity contribution in [1.29, 1.82) is 0 Å². The third-order valence-corrected chi connectivity index (χ3v) is 9.07. The fraction of sp³-hybridized carbons (Fsp3) is 0.393. The van der Waals surface area contributed by atoms with Crippen LogP contribution in [0.3, 0.4) is 0 Å². The number of rotatable bonds is 9. The number of hydrogen-bond acceptors (Lipinski definition) is 13. The summed E-state index contributed by atoms with van der Waals surface area (Å²) in [5, 5.41) is 4.07. The highest BCUT2D eigenvalue weighted by molar-refractivity contribution is 7.18. The molecule has 4 aromatic rings. The lowest BCUT2D eigenvalue weighted by Crippen LogP contribution is -2.55. The van der Waals surface area contributed by atoms with Crippen LogP contribution in [0, 0.1) is 6.92 Å². The van der Waals surface area contributed by atoms with Crippen LogP contribution in [0.2, 0.25) is 10.0 Å². The first-order chi connectivity index (χ1) is 21.5. The first-order valence-electron chi connectivity index (χ1n) is 13.8. The number of methoxy groups -OCH3 is 1. The SMILES string of the molecule is CO[C@H]1CN(c2nc(-c3ccnc(N(C)C)n3)c(C(=O)Oc3ccnc(N(C)C)n3)s2)CC[C@H]1NC(=O)c1[nH]c(C)c(Cl)c1Cl. The van der Waals surface area contributed by atoms with Gasteiger partial charge in [-0.05, 0) is 19.4 Å². The summed E-state index contributed by atoms with van der Waals surface area (Å²) < 4.78 is 11.5. The van der Waals surface area contributed by atoms with Gasteiger partial charge in [-0.15, -0.1) is 0 Å². The number of halogens is 2. The Morgan fingerprint density at radius 1 is 1.04 bits per heavy atom. The summed E-state index contributed by atoms with van der Waals surface area (Å²) in [6.07, 6.45) is 3.28. The topological polar surface area (TPSA) is 155 Å². The van der Waals surface area contributed by atoms with Gasteiger partial charge in [-0.3, -0.25) is 4.79 Å². The van der Waals surface area contributed by atoms with Crippen LogP contribution in [0.25, 0.3) is 11.4 Å². The van der Waals surface area contributed by atoms with Crippen LogP contribution in [-0.4, -0.2) is 102 Å². The van der Waals surface area contributed by atoms with Crippen LogP contribution in [-0.2, 0) is 4.74 Å². The van der Waals surface area contributed by atoms with E-state index in [9.17, 15) is 9.59 Å². The van der Waals surface area contributed by atoms with Gasteiger partial charge >= 0.3 is 5.97 Å². The molecule has 0 aromatic carbocycles. The molecule has 4 aromatic heterocycles. The number of H-pyrrole nitrogens is 1. The van der Waals surface area contributed by atoms with Gasteiger partial charge in [0.15, 0.2) is 5.13 Å². The maximum Gasteiger partial charge on any atom is 0.357 e. The van der Waals surface area contributed by atoms with E-state index in [4.69, 9.17) is 37.7 Å². The second-order valence-electron chi connectivity index (χ2n) is 10.6. The van der Waals surface area contributed by atoms with Crippen LogP contribution in [0.1, 0.15) is 32.3 Å². The van der Waals surface area contributed by atoms with Crippen molar-refractivity contribution in [2.75, 3.05) is 63.1 Å². The number of esters is 1. The lowest BCUT2D eigenvalue weighted by Gasteiger charge is -2.37. The van der Waals surface area contributed by atoms with E-state index in [-0.39, 0.29) is 39.5 Å². The molecule has 17 heteroatoms. The molecule has 1 aliphatic rings. The summed E-state index contributed by atoms with van der Waals surface area (Å²) in [5.41, 5.74) is 1.62. The number of thiazole rings is 1. The number of hydrogen-bond donors (Lipinski definition) is 2. The van der Waals surface area contributed by atoms with Crippen molar-refractivity contribution in [3.63, 3.8) is 0 Å². The molecule has 1 saturated heterocycles. The van der Waals surface area contributed by atoms with E-state index in [0.29, 0.717) is 58.6 Å². The largest absolute Gasteiger partial charge is 0.403 e. The van der Waals surface area contributed by atoms with Crippen LogP contribution < -0.4 is 24.8 Å². The number of aromatic amines is 1. The van der Waals surface area contributed by atoms with Crippen molar-refractivity contribution in [2.45, 2.75) is 25.5 Å². The second kappa shape index (κ2) is 13.5. The molecule has 0 unspecified atom stereocenters. The monoisotopic (exact) mass is 674 g/mol. The predicted octanol–water partition coefficient (Wildman–Crippen LogP) is 3.71. The number of carbonyl (C=O) groups is 2. The lowest BCUT2D eigenvalue weighted by molar-refractivity contribution is 0.0540. The minimum atomic E-state index is -0.635. The second-order valence-corrected chi connectivity index (χ2v) is 12.4. The van der Waals surface area contributed by atoms with Crippen LogP contribution in [0.5, 0.6) is 5.88 Å². The van der Waals surface area contributed by atoms with Gasteiger partial charge in [0, 0.05) is 72.5 Å². The van der Waals surface area contributed by atoms with E-state index in [1.54, 1.807) is 50.2 Å².